The molecule has 12 heteroatoms. The minimum absolute atomic E-state index is 0.0523. The summed E-state index contributed by atoms with van der Waals surface area (Å²) in [7, 11) is 0. The Kier molecular flexibility index (Phi) is 8.60. The lowest BCUT2D eigenvalue weighted by Gasteiger charge is -2.24. The van der Waals surface area contributed by atoms with E-state index in [4.69, 9.17) is 18.7 Å². The Hall–Kier alpha value is -4.29. The van der Waals surface area contributed by atoms with Crippen LogP contribution in [0.2, 0.25) is 0 Å². The van der Waals surface area contributed by atoms with Crippen molar-refractivity contribution < 1.29 is 28.6 Å². The van der Waals surface area contributed by atoms with E-state index in [1.54, 1.807) is 45.3 Å². The fourth-order valence-electron chi connectivity index (χ4n) is 4.38. The first kappa shape index (κ1) is 28.2. The number of carbonyl (C=O) groups excluding carboxylic acids is 1. The number of aliphatic hydroxyl groups excluding tert-OH is 1. The summed E-state index contributed by atoms with van der Waals surface area (Å²) in [6.07, 6.45) is 6.16. The minimum atomic E-state index is -0.647. The van der Waals surface area contributed by atoms with Gasteiger partial charge in [0.15, 0.2) is 6.23 Å². The lowest BCUT2D eigenvalue weighted by molar-refractivity contribution is -0.0383. The van der Waals surface area contributed by atoms with Crippen molar-refractivity contribution in [3.05, 3.63) is 60.7 Å². The Morgan fingerprint density at radius 1 is 1.15 bits per heavy atom. The zero-order valence-corrected chi connectivity index (χ0v) is 23.3. The summed E-state index contributed by atoms with van der Waals surface area (Å²) in [4.78, 5) is 20.9. The molecule has 4 aromatic rings. The summed E-state index contributed by atoms with van der Waals surface area (Å²) >= 11 is 0. The largest absolute Gasteiger partial charge is 0.444 e. The van der Waals surface area contributed by atoms with E-state index in [1.807, 2.05) is 35.0 Å². The van der Waals surface area contributed by atoms with Crippen LogP contribution in [0.15, 0.2) is 59.4 Å². The van der Waals surface area contributed by atoms with Crippen LogP contribution in [0.25, 0.3) is 22.6 Å². The summed E-state index contributed by atoms with van der Waals surface area (Å²) in [5.41, 5.74) is 1.95. The molecule has 0 saturated carbocycles. The van der Waals surface area contributed by atoms with Crippen LogP contribution in [0.5, 0.6) is 11.6 Å². The number of nitrogens with zero attached hydrogens (tertiary/aromatic N) is 5. The lowest BCUT2D eigenvalue weighted by atomic mass is 10.1. The average molecular weight is 563 g/mol. The zero-order chi connectivity index (χ0) is 28.8. The molecule has 3 aromatic heterocycles. The van der Waals surface area contributed by atoms with E-state index < -0.39 is 17.7 Å². The number of ether oxygens (including phenoxy) is 3. The number of nitrogens with one attached hydrogen (secondary N) is 1. The molecule has 2 N–H and O–H groups in total. The van der Waals surface area contributed by atoms with Gasteiger partial charge in [-0.1, -0.05) is 5.16 Å². The smallest absolute Gasteiger partial charge is 0.407 e. The maximum atomic E-state index is 12.0. The fraction of sp³-hybridized carbons (Fsp3) is 0.414. The molecule has 0 radical (unpaired) electrons. The molecule has 0 spiro atoms. The lowest BCUT2D eigenvalue weighted by Crippen LogP contribution is -2.42. The Bertz CT molecular complexity index is 1420. The summed E-state index contributed by atoms with van der Waals surface area (Å²) in [5, 5.41) is 20.7. The third-order valence-corrected chi connectivity index (χ3v) is 6.30. The second kappa shape index (κ2) is 12.5. The van der Waals surface area contributed by atoms with Gasteiger partial charge in [0, 0.05) is 42.6 Å². The molecule has 2 atom stereocenters. The molecule has 0 bridgehead atoms. The average Bonchev–Trinajstić information content (AvgIpc) is 3.63. The molecule has 5 rings (SSSR count). The Balaban J connectivity index is 1.18. The van der Waals surface area contributed by atoms with Gasteiger partial charge in [0.1, 0.15) is 11.4 Å². The van der Waals surface area contributed by atoms with Gasteiger partial charge in [-0.2, -0.15) is 10.1 Å². The fourth-order valence-corrected chi connectivity index (χ4v) is 4.38. The van der Waals surface area contributed by atoms with E-state index in [-0.39, 0.29) is 25.1 Å². The van der Waals surface area contributed by atoms with E-state index >= 15 is 0 Å². The highest BCUT2D eigenvalue weighted by Gasteiger charge is 2.22. The van der Waals surface area contributed by atoms with Crippen molar-refractivity contribution in [3.63, 3.8) is 0 Å². The van der Waals surface area contributed by atoms with Crippen LogP contribution >= 0.6 is 0 Å². The Labute approximate surface area is 237 Å². The molecule has 12 nitrogen and oxygen atoms in total. The number of amides is 1. The van der Waals surface area contributed by atoms with Gasteiger partial charge >= 0.3 is 6.09 Å². The zero-order valence-electron chi connectivity index (χ0n) is 23.3. The standard InChI is InChI=1S/C29H34N6O6/c1-29(2,3)40-28(37)32-21(18-36)16-25-33-27(34-41-25)19-7-10-22(11-8-19)39-24-12-9-20(17-30-24)23-13-14-31-35(23)26-6-4-5-15-38-26/h7-14,17,21,26,36H,4-6,15-16,18H2,1-3H3,(H,32,37)/t21-,26?/m0/s1. The molecule has 4 heterocycles. The first-order chi connectivity index (χ1) is 19.8. The first-order valence-electron chi connectivity index (χ1n) is 13.6. The van der Waals surface area contributed by atoms with E-state index in [0.29, 0.717) is 17.5 Å². The number of benzene rings is 1. The Morgan fingerprint density at radius 3 is 2.63 bits per heavy atom. The van der Waals surface area contributed by atoms with Gasteiger partial charge in [-0.05, 0) is 76.4 Å². The van der Waals surface area contributed by atoms with Gasteiger partial charge in [-0.15, -0.1) is 0 Å². The molecule has 1 unspecified atom stereocenters. The predicted octanol–water partition coefficient (Wildman–Crippen LogP) is 4.91. The number of rotatable bonds is 9. The van der Waals surface area contributed by atoms with Crippen molar-refractivity contribution >= 4 is 6.09 Å². The van der Waals surface area contributed by atoms with Gasteiger partial charge in [0.25, 0.3) is 0 Å². The maximum Gasteiger partial charge on any atom is 0.407 e. The van der Waals surface area contributed by atoms with Crippen LogP contribution in [0.3, 0.4) is 0 Å². The van der Waals surface area contributed by atoms with Crippen molar-refractivity contribution in [2.75, 3.05) is 13.2 Å². The number of carbonyl (C=O) groups is 1. The molecular weight excluding hydrogens is 528 g/mol. The first-order valence-corrected chi connectivity index (χ1v) is 13.6. The maximum absolute atomic E-state index is 12.0. The number of hydrogen-bond acceptors (Lipinski definition) is 10. The van der Waals surface area contributed by atoms with Crippen molar-refractivity contribution in [1.29, 1.82) is 0 Å². The number of pyridine rings is 1. The van der Waals surface area contributed by atoms with Crippen LogP contribution in [0.4, 0.5) is 4.79 Å². The van der Waals surface area contributed by atoms with Gasteiger partial charge in [-0.3, -0.25) is 0 Å². The van der Waals surface area contributed by atoms with Gasteiger partial charge in [0.2, 0.25) is 17.6 Å². The van der Waals surface area contributed by atoms with E-state index in [2.05, 4.69) is 25.5 Å². The molecule has 1 fully saturated rings. The third-order valence-electron chi connectivity index (χ3n) is 6.30. The molecule has 216 valence electrons. The molecular formula is C29H34N6O6. The SMILES string of the molecule is CC(C)(C)OC(=O)N[C@H](CO)Cc1nc(-c2ccc(Oc3ccc(-c4ccnn4C4CCCCO4)cn3)cc2)no1. The predicted molar refractivity (Wildman–Crippen MR) is 148 cm³/mol. The van der Waals surface area contributed by atoms with Crippen LogP contribution in [0.1, 0.15) is 52.2 Å². The van der Waals surface area contributed by atoms with Crippen LogP contribution in [-0.2, 0) is 15.9 Å². The van der Waals surface area contributed by atoms with Crippen molar-refractivity contribution in [2.45, 2.75) is 64.3 Å². The van der Waals surface area contributed by atoms with Crippen molar-refractivity contribution in [1.82, 2.24) is 30.2 Å². The van der Waals surface area contributed by atoms with E-state index in [0.717, 1.165) is 42.7 Å². The molecule has 1 saturated heterocycles. The van der Waals surface area contributed by atoms with Crippen molar-refractivity contribution in [3.8, 4) is 34.3 Å². The minimum Gasteiger partial charge on any atom is -0.444 e. The normalized spacial score (nSPS) is 16.2. The Morgan fingerprint density at radius 2 is 1.95 bits per heavy atom. The molecule has 1 aliphatic rings. The number of aromatic nitrogens is 5. The number of alkyl carbamates (subject to hydrolysis) is 1. The van der Waals surface area contributed by atoms with Gasteiger partial charge in [0.05, 0.1) is 18.3 Å². The topological polar surface area (TPSA) is 147 Å². The van der Waals surface area contributed by atoms with Crippen molar-refractivity contribution in [2.24, 2.45) is 0 Å². The molecule has 41 heavy (non-hydrogen) atoms. The van der Waals surface area contributed by atoms with E-state index in [1.165, 1.54) is 0 Å². The summed E-state index contributed by atoms with van der Waals surface area (Å²) in [5.74, 6) is 1.70. The second-order valence-corrected chi connectivity index (χ2v) is 10.7. The third kappa shape index (κ3) is 7.47. The van der Waals surface area contributed by atoms with Crippen LogP contribution in [-0.4, -0.2) is 61.0 Å². The van der Waals surface area contributed by atoms with Crippen LogP contribution in [0, 0.1) is 0 Å². The second-order valence-electron chi connectivity index (χ2n) is 10.7. The summed E-state index contributed by atoms with van der Waals surface area (Å²) in [6.45, 7) is 5.73. The molecule has 1 aromatic carbocycles. The number of aliphatic hydroxyl groups is 1. The highest BCUT2D eigenvalue weighted by atomic mass is 16.6. The molecule has 0 aliphatic carbocycles. The summed E-state index contributed by atoms with van der Waals surface area (Å²) in [6, 6.07) is 12.3. The molecule has 1 amide bonds. The summed E-state index contributed by atoms with van der Waals surface area (Å²) < 4.78 is 24.3. The highest BCUT2D eigenvalue weighted by molar-refractivity contribution is 5.68. The highest BCUT2D eigenvalue weighted by Crippen LogP contribution is 2.29. The van der Waals surface area contributed by atoms with Crippen LogP contribution < -0.4 is 10.1 Å². The quantitative estimate of drug-likeness (QED) is 0.288. The molecule has 1 aliphatic heterocycles. The van der Waals surface area contributed by atoms with Gasteiger partial charge < -0.3 is 29.2 Å². The van der Waals surface area contributed by atoms with Gasteiger partial charge in [-0.25, -0.2) is 14.5 Å². The van der Waals surface area contributed by atoms with E-state index in [9.17, 15) is 9.90 Å². The number of hydrogen-bond donors (Lipinski definition) is 2. The monoisotopic (exact) mass is 562 g/mol.